The van der Waals surface area contributed by atoms with Gasteiger partial charge in [0.25, 0.3) is 0 Å². The highest BCUT2D eigenvalue weighted by molar-refractivity contribution is 6.52. The summed E-state index contributed by atoms with van der Waals surface area (Å²) < 4.78 is -0.758. The molecule has 0 spiro atoms. The van der Waals surface area contributed by atoms with Crippen molar-refractivity contribution >= 4 is 29.0 Å². The van der Waals surface area contributed by atoms with Crippen LogP contribution >= 0.6 is 23.2 Å². The van der Waals surface area contributed by atoms with E-state index in [4.69, 9.17) is 23.2 Å². The van der Waals surface area contributed by atoms with Gasteiger partial charge in [-0.1, -0.05) is 6.92 Å². The highest BCUT2D eigenvalue weighted by atomic mass is 35.5. The second-order valence-electron chi connectivity index (χ2n) is 2.55. The second kappa shape index (κ2) is 1.86. The molecular formula is C6H8Cl2O. The minimum absolute atomic E-state index is 0.0903. The number of ketones is 1. The molecule has 52 valence electrons. The maximum Gasteiger partial charge on any atom is 0.136 e. The minimum Gasteiger partial charge on any atom is -0.300 e. The first kappa shape index (κ1) is 7.36. The van der Waals surface area contributed by atoms with Gasteiger partial charge in [0, 0.05) is 5.92 Å². The molecule has 0 aliphatic heterocycles. The first-order valence-corrected chi connectivity index (χ1v) is 3.61. The largest absolute Gasteiger partial charge is 0.300 e. The summed E-state index contributed by atoms with van der Waals surface area (Å²) in [6.07, 6.45) is 0. The van der Waals surface area contributed by atoms with Crippen LogP contribution in [-0.2, 0) is 4.79 Å². The summed E-state index contributed by atoms with van der Waals surface area (Å²) in [7, 11) is 0. The Kier molecular flexibility index (Phi) is 1.52. The maximum absolute atomic E-state index is 10.7. The Morgan fingerprint density at radius 1 is 1.56 bits per heavy atom. The zero-order chi connectivity index (χ0) is 7.23. The lowest BCUT2D eigenvalue weighted by Crippen LogP contribution is -1.99. The molecule has 0 aromatic carbocycles. The lowest BCUT2D eigenvalue weighted by Gasteiger charge is -1.90. The van der Waals surface area contributed by atoms with Gasteiger partial charge in [0.2, 0.25) is 0 Å². The van der Waals surface area contributed by atoms with Gasteiger partial charge in [-0.05, 0) is 6.92 Å². The Balaban J connectivity index is 2.62. The standard InChI is InChI=1S/C6H8Cl2O/c1-3-5(4(2)9)6(3,7)8/h3,5H,1-2H3. The van der Waals surface area contributed by atoms with Crippen molar-refractivity contribution in [3.8, 4) is 0 Å². The summed E-state index contributed by atoms with van der Waals surface area (Å²) in [5.41, 5.74) is 0. The summed E-state index contributed by atoms with van der Waals surface area (Å²) in [6.45, 7) is 3.40. The number of Topliss-reactive ketones (excluding diaryl/α,β-unsaturated/α-hetero) is 1. The van der Waals surface area contributed by atoms with Crippen LogP contribution in [0.3, 0.4) is 0 Å². The van der Waals surface area contributed by atoms with Crippen LogP contribution in [0, 0.1) is 11.8 Å². The monoisotopic (exact) mass is 166 g/mol. The molecule has 1 aliphatic carbocycles. The van der Waals surface area contributed by atoms with Crippen molar-refractivity contribution in [2.75, 3.05) is 0 Å². The van der Waals surface area contributed by atoms with E-state index in [1.165, 1.54) is 6.92 Å². The van der Waals surface area contributed by atoms with Crippen LogP contribution in [-0.4, -0.2) is 10.1 Å². The third-order valence-corrected chi connectivity index (χ3v) is 3.01. The van der Waals surface area contributed by atoms with E-state index < -0.39 is 4.33 Å². The summed E-state index contributed by atoms with van der Waals surface area (Å²) in [4.78, 5) is 10.7. The van der Waals surface area contributed by atoms with Gasteiger partial charge in [0.05, 0.1) is 5.92 Å². The molecule has 3 heteroatoms. The molecule has 0 radical (unpaired) electrons. The fourth-order valence-corrected chi connectivity index (χ4v) is 1.91. The molecule has 2 unspecified atom stereocenters. The van der Waals surface area contributed by atoms with Crippen molar-refractivity contribution in [3.63, 3.8) is 0 Å². The molecule has 9 heavy (non-hydrogen) atoms. The highest BCUT2D eigenvalue weighted by Gasteiger charge is 2.62. The van der Waals surface area contributed by atoms with Crippen LogP contribution in [0.5, 0.6) is 0 Å². The van der Waals surface area contributed by atoms with Crippen molar-refractivity contribution in [2.45, 2.75) is 18.2 Å². The average Bonchev–Trinajstić information content (AvgIpc) is 2.07. The van der Waals surface area contributed by atoms with E-state index in [1.54, 1.807) is 0 Å². The maximum atomic E-state index is 10.7. The van der Waals surface area contributed by atoms with Gasteiger partial charge in [-0.25, -0.2) is 0 Å². The predicted molar refractivity (Wildman–Crippen MR) is 37.8 cm³/mol. The van der Waals surface area contributed by atoms with Crippen molar-refractivity contribution in [3.05, 3.63) is 0 Å². The van der Waals surface area contributed by atoms with Gasteiger partial charge in [-0.2, -0.15) is 0 Å². The summed E-state index contributed by atoms with van der Waals surface area (Å²) in [5, 5.41) is 0. The number of carbonyl (C=O) groups is 1. The fourth-order valence-electron chi connectivity index (χ4n) is 1.10. The van der Waals surface area contributed by atoms with Crippen LogP contribution in [0.15, 0.2) is 0 Å². The predicted octanol–water partition coefficient (Wildman–Crippen LogP) is 2.02. The third kappa shape index (κ3) is 0.968. The number of halogens is 2. The van der Waals surface area contributed by atoms with E-state index in [2.05, 4.69) is 0 Å². The molecule has 0 heterocycles. The van der Waals surface area contributed by atoms with Crippen molar-refractivity contribution in [1.29, 1.82) is 0 Å². The number of carbonyl (C=O) groups excluding carboxylic acids is 1. The first-order chi connectivity index (χ1) is 3.98. The second-order valence-corrected chi connectivity index (χ2v) is 4.00. The molecule has 0 saturated heterocycles. The number of hydrogen-bond donors (Lipinski definition) is 0. The summed E-state index contributed by atoms with van der Waals surface area (Å²) >= 11 is 11.4. The topological polar surface area (TPSA) is 17.1 Å². The normalized spacial score (nSPS) is 38.2. The van der Waals surface area contributed by atoms with E-state index in [-0.39, 0.29) is 17.6 Å². The van der Waals surface area contributed by atoms with Crippen LogP contribution in [0.2, 0.25) is 0 Å². The van der Waals surface area contributed by atoms with Crippen LogP contribution in [0.25, 0.3) is 0 Å². The zero-order valence-corrected chi connectivity index (χ0v) is 6.83. The molecular weight excluding hydrogens is 159 g/mol. The van der Waals surface area contributed by atoms with Gasteiger partial charge in [-0.3, -0.25) is 4.79 Å². The minimum atomic E-state index is -0.758. The fraction of sp³-hybridized carbons (Fsp3) is 0.833. The number of alkyl halides is 2. The molecule has 1 saturated carbocycles. The summed E-state index contributed by atoms with van der Waals surface area (Å²) in [6, 6.07) is 0. The molecule has 1 nitrogen and oxygen atoms in total. The highest BCUT2D eigenvalue weighted by Crippen LogP contribution is 2.59. The number of hydrogen-bond acceptors (Lipinski definition) is 1. The van der Waals surface area contributed by atoms with Gasteiger partial charge in [0.1, 0.15) is 10.1 Å². The molecule has 1 aliphatic rings. The van der Waals surface area contributed by atoms with E-state index in [1.807, 2.05) is 6.92 Å². The van der Waals surface area contributed by atoms with Crippen molar-refractivity contribution < 1.29 is 4.79 Å². The SMILES string of the molecule is CC(=O)C1C(C)C1(Cl)Cl. The van der Waals surface area contributed by atoms with E-state index >= 15 is 0 Å². The Labute approximate surface area is 64.3 Å². The molecule has 1 fully saturated rings. The van der Waals surface area contributed by atoms with Gasteiger partial charge >= 0.3 is 0 Å². The summed E-state index contributed by atoms with van der Waals surface area (Å²) in [5.74, 6) is 0.103. The van der Waals surface area contributed by atoms with Gasteiger partial charge in [-0.15, -0.1) is 23.2 Å². The molecule has 2 atom stereocenters. The Bertz CT molecular complexity index is 153. The molecule has 0 aromatic heterocycles. The molecule has 0 aromatic rings. The van der Waals surface area contributed by atoms with Crippen molar-refractivity contribution in [2.24, 2.45) is 11.8 Å². The first-order valence-electron chi connectivity index (χ1n) is 2.86. The average molecular weight is 167 g/mol. The van der Waals surface area contributed by atoms with E-state index in [9.17, 15) is 4.79 Å². The van der Waals surface area contributed by atoms with Gasteiger partial charge in [0.15, 0.2) is 0 Å². The van der Waals surface area contributed by atoms with Crippen LogP contribution in [0.4, 0.5) is 0 Å². The van der Waals surface area contributed by atoms with Crippen molar-refractivity contribution in [1.82, 2.24) is 0 Å². The Morgan fingerprint density at radius 3 is 1.89 bits per heavy atom. The molecule has 1 rings (SSSR count). The zero-order valence-electron chi connectivity index (χ0n) is 5.32. The van der Waals surface area contributed by atoms with Crippen LogP contribution in [0.1, 0.15) is 13.8 Å². The van der Waals surface area contributed by atoms with E-state index in [0.29, 0.717) is 0 Å². The molecule has 0 N–H and O–H groups in total. The quantitative estimate of drug-likeness (QED) is 0.546. The third-order valence-electron chi connectivity index (χ3n) is 1.85. The lowest BCUT2D eigenvalue weighted by molar-refractivity contribution is -0.118. The Hall–Kier alpha value is 0.250. The molecule has 0 bridgehead atoms. The lowest BCUT2D eigenvalue weighted by atomic mass is 10.2. The number of rotatable bonds is 1. The van der Waals surface area contributed by atoms with E-state index in [0.717, 1.165) is 0 Å². The smallest absolute Gasteiger partial charge is 0.136 e. The Morgan fingerprint density at radius 2 is 1.89 bits per heavy atom. The molecule has 0 amide bonds. The van der Waals surface area contributed by atoms with Gasteiger partial charge < -0.3 is 0 Å². The van der Waals surface area contributed by atoms with Crippen LogP contribution < -0.4 is 0 Å².